The van der Waals surface area contributed by atoms with E-state index >= 15 is 0 Å². The molecule has 25 heavy (non-hydrogen) atoms. The Hall–Kier alpha value is -2.42. The van der Waals surface area contributed by atoms with Crippen molar-refractivity contribution in [2.45, 2.75) is 20.0 Å². The second-order valence-corrected chi connectivity index (χ2v) is 6.20. The van der Waals surface area contributed by atoms with Crippen LogP contribution >= 0.6 is 0 Å². The summed E-state index contributed by atoms with van der Waals surface area (Å²) in [6.07, 6.45) is 0.896. The van der Waals surface area contributed by atoms with E-state index in [1.807, 2.05) is 0 Å². The van der Waals surface area contributed by atoms with Crippen molar-refractivity contribution in [1.29, 1.82) is 0 Å². The van der Waals surface area contributed by atoms with Crippen molar-refractivity contribution in [2.24, 2.45) is 5.73 Å². The van der Waals surface area contributed by atoms with Crippen molar-refractivity contribution >= 4 is 0 Å². The molecule has 0 aliphatic rings. The minimum Gasteiger partial charge on any atom is -0.377 e. The summed E-state index contributed by atoms with van der Waals surface area (Å²) in [6, 6.07) is 25.5. The van der Waals surface area contributed by atoms with Gasteiger partial charge in [0.2, 0.25) is 0 Å². The average Bonchev–Trinajstić information content (AvgIpc) is 2.67. The lowest BCUT2D eigenvalue weighted by atomic mass is 9.88. The molecule has 0 spiro atoms. The maximum atomic E-state index is 5.80. The molecule has 0 fully saturated rings. The summed E-state index contributed by atoms with van der Waals surface area (Å²) in [6.45, 7) is 4.19. The van der Waals surface area contributed by atoms with Crippen LogP contribution in [0.4, 0.5) is 0 Å². The van der Waals surface area contributed by atoms with Gasteiger partial charge in [0.05, 0.1) is 6.61 Å². The van der Waals surface area contributed by atoms with E-state index in [-0.39, 0.29) is 0 Å². The first-order valence-corrected chi connectivity index (χ1v) is 8.82. The molecule has 0 radical (unpaired) electrons. The first-order valence-electron chi connectivity index (χ1n) is 8.82. The molecule has 0 amide bonds. The zero-order chi connectivity index (χ0) is 17.5. The largest absolute Gasteiger partial charge is 0.377 e. The van der Waals surface area contributed by atoms with Crippen LogP contribution in [-0.4, -0.2) is 13.2 Å². The van der Waals surface area contributed by atoms with E-state index in [0.717, 1.165) is 6.42 Å². The van der Waals surface area contributed by atoms with E-state index in [1.165, 1.54) is 33.4 Å². The van der Waals surface area contributed by atoms with Crippen LogP contribution in [0.15, 0.2) is 72.8 Å². The highest BCUT2D eigenvalue weighted by atomic mass is 16.5. The van der Waals surface area contributed by atoms with E-state index in [9.17, 15) is 0 Å². The first kappa shape index (κ1) is 17.4. The van der Waals surface area contributed by atoms with Gasteiger partial charge in [-0.2, -0.15) is 0 Å². The summed E-state index contributed by atoms with van der Waals surface area (Å²) in [5.74, 6) is 0. The molecule has 0 aliphatic heterocycles. The van der Waals surface area contributed by atoms with Gasteiger partial charge in [-0.15, -0.1) is 0 Å². The van der Waals surface area contributed by atoms with Gasteiger partial charge in [0, 0.05) is 6.61 Å². The van der Waals surface area contributed by atoms with Crippen molar-refractivity contribution in [2.75, 3.05) is 13.2 Å². The monoisotopic (exact) mass is 331 g/mol. The summed E-state index contributed by atoms with van der Waals surface area (Å²) < 4.78 is 5.80. The maximum Gasteiger partial charge on any atom is 0.0719 e. The second kappa shape index (κ2) is 8.61. The van der Waals surface area contributed by atoms with Gasteiger partial charge in [-0.25, -0.2) is 0 Å². The molecule has 0 saturated heterocycles. The van der Waals surface area contributed by atoms with Crippen LogP contribution in [0.1, 0.15) is 17.5 Å². The highest BCUT2D eigenvalue weighted by molar-refractivity contribution is 5.86. The maximum absolute atomic E-state index is 5.80. The lowest BCUT2D eigenvalue weighted by Gasteiger charge is -2.17. The van der Waals surface area contributed by atoms with Gasteiger partial charge in [-0.3, -0.25) is 0 Å². The van der Waals surface area contributed by atoms with Crippen molar-refractivity contribution in [3.63, 3.8) is 0 Å². The molecular formula is C23H25NO. The minimum atomic E-state index is 0.626. The fraction of sp³-hybridized carbons (Fsp3) is 0.217. The first-order chi connectivity index (χ1) is 12.3. The second-order valence-electron chi connectivity index (χ2n) is 6.20. The van der Waals surface area contributed by atoms with Gasteiger partial charge < -0.3 is 10.5 Å². The van der Waals surface area contributed by atoms with Crippen molar-refractivity contribution in [1.82, 2.24) is 0 Å². The number of nitrogens with two attached hydrogens (primary N) is 1. The molecule has 3 rings (SSSR count). The third-order valence-corrected chi connectivity index (χ3v) is 4.47. The molecule has 0 heterocycles. The normalized spacial score (nSPS) is 10.8. The zero-order valence-electron chi connectivity index (χ0n) is 14.7. The van der Waals surface area contributed by atoms with Gasteiger partial charge in [0.25, 0.3) is 0 Å². The van der Waals surface area contributed by atoms with E-state index < -0.39 is 0 Å². The van der Waals surface area contributed by atoms with Crippen LogP contribution in [0.5, 0.6) is 0 Å². The summed E-state index contributed by atoms with van der Waals surface area (Å²) >= 11 is 0. The van der Waals surface area contributed by atoms with Gasteiger partial charge >= 0.3 is 0 Å². The molecule has 0 aromatic heterocycles. The van der Waals surface area contributed by atoms with E-state index in [0.29, 0.717) is 19.8 Å². The smallest absolute Gasteiger partial charge is 0.0719 e. The number of rotatable bonds is 7. The van der Waals surface area contributed by atoms with Gasteiger partial charge in [0.15, 0.2) is 0 Å². The highest BCUT2D eigenvalue weighted by Gasteiger charge is 2.13. The average molecular weight is 331 g/mol. The Labute approximate surface area is 150 Å². The highest BCUT2D eigenvalue weighted by Crippen LogP contribution is 2.36. The van der Waals surface area contributed by atoms with Crippen molar-refractivity contribution < 1.29 is 4.74 Å². The molecule has 3 aromatic rings. The summed E-state index contributed by atoms with van der Waals surface area (Å²) in [4.78, 5) is 0. The molecular weight excluding hydrogens is 306 g/mol. The number of hydrogen-bond donors (Lipinski definition) is 1. The molecule has 0 atom stereocenters. The Morgan fingerprint density at radius 1 is 0.800 bits per heavy atom. The number of hydrogen-bond acceptors (Lipinski definition) is 2. The Kier molecular flexibility index (Phi) is 5.99. The van der Waals surface area contributed by atoms with Crippen LogP contribution in [0.3, 0.4) is 0 Å². The van der Waals surface area contributed by atoms with Crippen LogP contribution in [0.2, 0.25) is 0 Å². The lowest BCUT2D eigenvalue weighted by molar-refractivity contribution is 0.119. The minimum absolute atomic E-state index is 0.626. The van der Waals surface area contributed by atoms with Crippen LogP contribution < -0.4 is 5.73 Å². The predicted molar refractivity (Wildman–Crippen MR) is 105 cm³/mol. The van der Waals surface area contributed by atoms with Crippen molar-refractivity contribution in [3.05, 3.63) is 83.9 Å². The van der Waals surface area contributed by atoms with Gasteiger partial charge in [0.1, 0.15) is 0 Å². The van der Waals surface area contributed by atoms with E-state index in [1.54, 1.807) is 0 Å². The molecule has 128 valence electrons. The SMILES string of the molecule is Cc1c(COCCCN)ccc(-c2ccccc2)c1-c1ccccc1. The molecule has 2 N–H and O–H groups in total. The van der Waals surface area contributed by atoms with Crippen LogP contribution in [0.25, 0.3) is 22.3 Å². The topological polar surface area (TPSA) is 35.2 Å². The summed E-state index contributed by atoms with van der Waals surface area (Å²) in [5, 5.41) is 0. The van der Waals surface area contributed by atoms with Crippen molar-refractivity contribution in [3.8, 4) is 22.3 Å². The third-order valence-electron chi connectivity index (χ3n) is 4.47. The van der Waals surface area contributed by atoms with Crippen LogP contribution in [0, 0.1) is 6.92 Å². The Bertz CT molecular complexity index is 797. The Balaban J connectivity index is 2.03. The molecule has 2 nitrogen and oxygen atoms in total. The molecule has 2 heteroatoms. The fourth-order valence-corrected chi connectivity index (χ4v) is 3.11. The quantitative estimate of drug-likeness (QED) is 0.604. The third kappa shape index (κ3) is 4.16. The fourth-order valence-electron chi connectivity index (χ4n) is 3.11. The molecule has 0 saturated carbocycles. The molecule has 0 unspecified atom stereocenters. The molecule has 3 aromatic carbocycles. The summed E-state index contributed by atoms with van der Waals surface area (Å²) in [5.41, 5.74) is 13.1. The zero-order valence-corrected chi connectivity index (χ0v) is 14.7. The standard InChI is InChI=1S/C23H25NO/c1-18-21(17-25-16-8-15-24)13-14-22(19-9-4-2-5-10-19)23(18)20-11-6-3-7-12-20/h2-7,9-14H,8,15-17,24H2,1H3. The van der Waals surface area contributed by atoms with Gasteiger partial charge in [-0.05, 0) is 53.3 Å². The lowest BCUT2D eigenvalue weighted by Crippen LogP contribution is -2.05. The number of benzene rings is 3. The summed E-state index contributed by atoms with van der Waals surface area (Å²) in [7, 11) is 0. The molecule has 0 bridgehead atoms. The molecule has 0 aliphatic carbocycles. The van der Waals surface area contributed by atoms with E-state index in [4.69, 9.17) is 10.5 Å². The number of ether oxygens (including phenoxy) is 1. The Morgan fingerprint density at radius 2 is 1.44 bits per heavy atom. The van der Waals surface area contributed by atoms with Gasteiger partial charge in [-0.1, -0.05) is 72.8 Å². The van der Waals surface area contributed by atoms with E-state index in [2.05, 4.69) is 79.7 Å². The Morgan fingerprint density at radius 3 is 2.08 bits per heavy atom. The van der Waals surface area contributed by atoms with Crippen LogP contribution in [-0.2, 0) is 11.3 Å². The predicted octanol–water partition coefficient (Wildman–Crippen LogP) is 5.19.